The monoisotopic (exact) mass is 710 g/mol. The molecule has 48 heavy (non-hydrogen) atoms. The fourth-order valence-corrected chi connectivity index (χ4v) is 3.93. The number of aromatic amines is 2. The average Bonchev–Trinajstić information content (AvgIpc) is 3.52. The zero-order valence-electron chi connectivity index (χ0n) is 26.0. The Kier molecular flexibility index (Phi) is 12.1. The number of nitrogens with zero attached hydrogens (tertiary/aromatic N) is 2. The molecule has 0 saturated heterocycles. The van der Waals surface area contributed by atoms with E-state index in [1.165, 1.54) is 7.11 Å². The van der Waals surface area contributed by atoms with Crippen LogP contribution in [0.4, 0.5) is 57.5 Å². The molecule has 0 radical (unpaired) electrons. The van der Waals surface area contributed by atoms with Crippen LogP contribution in [0, 0.1) is 0 Å². The number of carbonyl (C=O) groups excluding carboxylic acids is 1. The number of ether oxygens (including phenoxy) is 1. The summed E-state index contributed by atoms with van der Waals surface area (Å²) in [5.74, 6) is -0.0822. The van der Waals surface area contributed by atoms with Crippen molar-refractivity contribution in [2.75, 3.05) is 7.11 Å². The third kappa shape index (κ3) is 10.6. The van der Waals surface area contributed by atoms with E-state index in [2.05, 4.69) is 35.3 Å². The third-order valence-corrected chi connectivity index (χ3v) is 5.72. The standard InChI is InChI=1S/C15H16F6N4O.C11H8F6N2O.C2H6/c1-13(2,3)25-12(26)22-6-10-23-9-5-7(14(16,17)18)4-8(11(9)24-10)15(19,20)21;1-20-4-8-18-7-3-5(10(12,13)14)2-6(9(7)19-8)11(15,16)17;1-2/h4-5H,6H2,1-3H3,(H,23,24)(H2,22,25,26);2-3H,4H2,1H3,(H,18,19);1-2H3. The molecule has 0 aliphatic carbocycles. The van der Waals surface area contributed by atoms with Crippen LogP contribution in [-0.4, -0.2) is 38.6 Å². The van der Waals surface area contributed by atoms with Gasteiger partial charge in [0.15, 0.2) is 0 Å². The van der Waals surface area contributed by atoms with Gasteiger partial charge in [-0.3, -0.25) is 0 Å². The number of halogens is 12. The van der Waals surface area contributed by atoms with Crippen molar-refractivity contribution in [1.29, 1.82) is 0 Å². The molecule has 2 aromatic carbocycles. The molecule has 20 heteroatoms. The molecular weight excluding hydrogens is 680 g/mol. The number of benzene rings is 2. The number of urea groups is 1. The van der Waals surface area contributed by atoms with Gasteiger partial charge in [-0.05, 0) is 45.0 Å². The first-order valence-corrected chi connectivity index (χ1v) is 13.7. The number of alkyl halides is 12. The molecule has 2 heterocycles. The Morgan fingerprint density at radius 1 is 0.688 bits per heavy atom. The van der Waals surface area contributed by atoms with Crippen LogP contribution in [0.25, 0.3) is 22.1 Å². The predicted molar refractivity (Wildman–Crippen MR) is 149 cm³/mol. The maximum atomic E-state index is 13.1. The van der Waals surface area contributed by atoms with E-state index in [9.17, 15) is 57.5 Å². The van der Waals surface area contributed by atoms with E-state index in [0.717, 1.165) is 0 Å². The van der Waals surface area contributed by atoms with Gasteiger partial charge in [-0.15, -0.1) is 0 Å². The molecule has 4 aromatic rings. The molecule has 0 saturated carbocycles. The minimum atomic E-state index is -5.01. The van der Waals surface area contributed by atoms with Crippen molar-refractivity contribution in [2.24, 2.45) is 0 Å². The van der Waals surface area contributed by atoms with Gasteiger partial charge < -0.3 is 25.3 Å². The molecule has 0 bridgehead atoms. The van der Waals surface area contributed by atoms with Crippen LogP contribution in [0.3, 0.4) is 0 Å². The Labute approximate surface area is 264 Å². The smallest absolute Gasteiger partial charge is 0.377 e. The van der Waals surface area contributed by atoms with E-state index in [1.54, 1.807) is 20.8 Å². The Bertz CT molecular complexity index is 1690. The highest BCUT2D eigenvalue weighted by Gasteiger charge is 2.40. The lowest BCUT2D eigenvalue weighted by atomic mass is 10.1. The number of carbonyl (C=O) groups is 1. The lowest BCUT2D eigenvalue weighted by molar-refractivity contribution is -0.143. The normalized spacial score (nSPS) is 12.7. The van der Waals surface area contributed by atoms with Gasteiger partial charge in [0.2, 0.25) is 0 Å². The highest BCUT2D eigenvalue weighted by molar-refractivity contribution is 5.81. The molecular formula is C28H30F12N6O2. The maximum Gasteiger partial charge on any atom is 0.418 e. The molecule has 2 amide bonds. The van der Waals surface area contributed by atoms with E-state index in [-0.39, 0.29) is 42.4 Å². The van der Waals surface area contributed by atoms with Crippen LogP contribution in [0.5, 0.6) is 0 Å². The molecule has 0 spiro atoms. The van der Waals surface area contributed by atoms with Crippen LogP contribution in [0.2, 0.25) is 0 Å². The Morgan fingerprint density at radius 2 is 1.08 bits per heavy atom. The topological polar surface area (TPSA) is 108 Å². The number of aromatic nitrogens is 4. The van der Waals surface area contributed by atoms with Crippen molar-refractivity contribution >= 4 is 28.1 Å². The van der Waals surface area contributed by atoms with Crippen molar-refractivity contribution in [3.63, 3.8) is 0 Å². The van der Waals surface area contributed by atoms with E-state index in [1.807, 2.05) is 13.8 Å². The molecule has 4 N–H and O–H groups in total. The summed E-state index contributed by atoms with van der Waals surface area (Å²) in [7, 11) is 1.29. The molecule has 268 valence electrons. The van der Waals surface area contributed by atoms with Gasteiger partial charge in [-0.1, -0.05) is 13.8 Å². The van der Waals surface area contributed by atoms with Crippen molar-refractivity contribution in [1.82, 2.24) is 30.6 Å². The highest BCUT2D eigenvalue weighted by Crippen LogP contribution is 2.40. The summed E-state index contributed by atoms with van der Waals surface area (Å²) in [6, 6.07) is 0.629. The number of nitrogens with one attached hydrogen (secondary N) is 4. The summed E-state index contributed by atoms with van der Waals surface area (Å²) in [4.78, 5) is 23.7. The summed E-state index contributed by atoms with van der Waals surface area (Å²) < 4.78 is 159. The fourth-order valence-electron chi connectivity index (χ4n) is 3.93. The van der Waals surface area contributed by atoms with Gasteiger partial charge in [0, 0.05) is 12.6 Å². The number of amides is 2. The molecule has 0 atom stereocenters. The summed E-state index contributed by atoms with van der Waals surface area (Å²) in [5.41, 5.74) is -8.24. The van der Waals surface area contributed by atoms with E-state index in [0.29, 0.717) is 12.1 Å². The molecule has 0 aliphatic rings. The summed E-state index contributed by atoms with van der Waals surface area (Å²) in [5, 5.41) is 4.94. The van der Waals surface area contributed by atoms with Crippen LogP contribution < -0.4 is 10.6 Å². The maximum absolute atomic E-state index is 13.1. The van der Waals surface area contributed by atoms with Crippen molar-refractivity contribution in [2.45, 2.75) is 78.0 Å². The Balaban J connectivity index is 0.000000327. The molecule has 8 nitrogen and oxygen atoms in total. The molecule has 2 aromatic heterocycles. The number of rotatable bonds is 4. The largest absolute Gasteiger partial charge is 0.418 e. The van der Waals surface area contributed by atoms with Gasteiger partial charge in [-0.25, -0.2) is 14.8 Å². The van der Waals surface area contributed by atoms with E-state index < -0.39 is 75.1 Å². The number of imidazole rings is 2. The van der Waals surface area contributed by atoms with Crippen LogP contribution in [-0.2, 0) is 42.6 Å². The molecule has 4 rings (SSSR count). The van der Waals surface area contributed by atoms with Gasteiger partial charge in [-0.2, -0.15) is 52.7 Å². The number of hydrogen-bond donors (Lipinski definition) is 4. The summed E-state index contributed by atoms with van der Waals surface area (Å²) in [6.45, 7) is 8.76. The van der Waals surface area contributed by atoms with Crippen molar-refractivity contribution in [3.05, 3.63) is 58.2 Å². The van der Waals surface area contributed by atoms with Crippen LogP contribution in [0.1, 0.15) is 68.5 Å². The fraction of sp³-hybridized carbons (Fsp3) is 0.464. The van der Waals surface area contributed by atoms with Crippen LogP contribution >= 0.6 is 0 Å². The van der Waals surface area contributed by atoms with E-state index in [4.69, 9.17) is 0 Å². The highest BCUT2D eigenvalue weighted by atomic mass is 19.4. The zero-order valence-corrected chi connectivity index (χ0v) is 26.0. The van der Waals surface area contributed by atoms with Crippen molar-refractivity contribution < 1.29 is 62.2 Å². The van der Waals surface area contributed by atoms with Crippen molar-refractivity contribution in [3.8, 4) is 0 Å². The molecule has 0 aliphatic heterocycles. The van der Waals surface area contributed by atoms with E-state index >= 15 is 0 Å². The lowest BCUT2D eigenvalue weighted by Gasteiger charge is -2.20. The molecule has 0 unspecified atom stereocenters. The first kappa shape index (κ1) is 39.9. The van der Waals surface area contributed by atoms with Gasteiger partial charge in [0.05, 0.1) is 39.8 Å². The second-order valence-corrected chi connectivity index (χ2v) is 10.7. The summed E-state index contributed by atoms with van der Waals surface area (Å²) >= 11 is 0. The Hall–Kier alpha value is -4.23. The first-order valence-electron chi connectivity index (χ1n) is 13.7. The van der Waals surface area contributed by atoms with Crippen LogP contribution in [0.15, 0.2) is 24.3 Å². The zero-order chi connectivity index (χ0) is 37.0. The predicted octanol–water partition coefficient (Wildman–Crippen LogP) is 8.97. The lowest BCUT2D eigenvalue weighted by Crippen LogP contribution is -2.46. The van der Waals surface area contributed by atoms with Gasteiger partial charge >= 0.3 is 30.7 Å². The molecule has 0 fully saturated rings. The second kappa shape index (κ2) is 14.5. The van der Waals surface area contributed by atoms with Gasteiger partial charge in [0.25, 0.3) is 0 Å². The number of methoxy groups -OCH3 is 1. The second-order valence-electron chi connectivity index (χ2n) is 10.7. The number of fused-ring (bicyclic) bond motifs is 2. The number of hydrogen-bond acceptors (Lipinski definition) is 4. The third-order valence-electron chi connectivity index (χ3n) is 5.72. The summed E-state index contributed by atoms with van der Waals surface area (Å²) in [6.07, 6.45) is -19.8. The number of H-pyrrole nitrogens is 2. The minimum Gasteiger partial charge on any atom is -0.377 e. The minimum absolute atomic E-state index is 0.0205. The van der Waals surface area contributed by atoms with Gasteiger partial charge in [0.1, 0.15) is 29.3 Å². The average molecular weight is 711 g/mol. The quantitative estimate of drug-likeness (QED) is 0.159. The SMILES string of the molecule is CC.CC(C)(C)NC(=O)NCc1nc2c(C(F)(F)F)cc(C(F)(F)F)cc2[nH]1.COCc1nc2c(C(F)(F)F)cc(C(F)(F)F)cc2[nH]1. The first-order chi connectivity index (χ1) is 21.8. The Morgan fingerprint density at radius 3 is 1.44 bits per heavy atom.